The first-order valence-corrected chi connectivity index (χ1v) is 11.9. The van der Waals surface area contributed by atoms with E-state index in [1.165, 1.54) is 54.2 Å². The predicted molar refractivity (Wildman–Crippen MR) is 122 cm³/mol. The molecule has 1 atom stereocenters. The molecule has 10 heteroatoms. The van der Waals surface area contributed by atoms with Gasteiger partial charge in [-0.2, -0.15) is 0 Å². The van der Waals surface area contributed by atoms with Gasteiger partial charge in [0.05, 0.1) is 21.5 Å². The fraction of sp³-hybridized carbons (Fsp3) is 0.0909. The van der Waals surface area contributed by atoms with Gasteiger partial charge in [0.25, 0.3) is 15.9 Å². The van der Waals surface area contributed by atoms with Crippen LogP contribution in [-0.4, -0.2) is 25.5 Å². The number of para-hydroxylation sites is 1. The van der Waals surface area contributed by atoms with Gasteiger partial charge < -0.3 is 10.6 Å². The van der Waals surface area contributed by atoms with E-state index in [0.717, 1.165) is 11.0 Å². The van der Waals surface area contributed by atoms with Gasteiger partial charge in [-0.25, -0.2) is 12.8 Å². The highest BCUT2D eigenvalue weighted by Gasteiger charge is 2.24. The smallest absolute Gasteiger partial charge is 0.262 e. The maximum absolute atomic E-state index is 13.8. The van der Waals surface area contributed by atoms with E-state index in [9.17, 15) is 22.4 Å². The van der Waals surface area contributed by atoms with Crippen molar-refractivity contribution in [3.05, 3.63) is 78.1 Å². The van der Waals surface area contributed by atoms with Crippen LogP contribution in [0.3, 0.4) is 0 Å². The molecule has 0 aromatic heterocycles. The molecule has 0 radical (unpaired) electrons. The van der Waals surface area contributed by atoms with Crippen LogP contribution in [0, 0.1) is 5.82 Å². The van der Waals surface area contributed by atoms with Crippen LogP contribution in [0.15, 0.2) is 76.5 Å². The summed E-state index contributed by atoms with van der Waals surface area (Å²) in [6.45, 7) is 1.80. The SMILES string of the molecule is CC1Sc2ccc(C(=O)Nc3cccc(S(=O)(=O)Nc4ccccc4F)c3)cc2NC1=O. The standard InChI is InChI=1S/C22H18FN3O4S2/c1-13-21(27)25-19-11-14(9-10-20(19)31-13)22(28)24-15-5-4-6-16(12-15)32(29,30)26-18-8-3-2-7-17(18)23/h2-13,26H,1H3,(H,24,28)(H,25,27). The lowest BCUT2D eigenvalue weighted by Crippen LogP contribution is -2.26. The van der Waals surface area contributed by atoms with Gasteiger partial charge in [-0.15, -0.1) is 11.8 Å². The van der Waals surface area contributed by atoms with Crippen LogP contribution in [0.1, 0.15) is 17.3 Å². The molecule has 1 aliphatic heterocycles. The number of anilines is 3. The molecule has 3 N–H and O–H groups in total. The number of benzene rings is 3. The molecule has 0 saturated carbocycles. The van der Waals surface area contributed by atoms with Crippen molar-refractivity contribution in [2.45, 2.75) is 22.0 Å². The largest absolute Gasteiger partial charge is 0.324 e. The Kier molecular flexibility index (Phi) is 5.90. The van der Waals surface area contributed by atoms with E-state index in [-0.39, 0.29) is 27.4 Å². The zero-order valence-electron chi connectivity index (χ0n) is 16.8. The summed E-state index contributed by atoms with van der Waals surface area (Å²) in [7, 11) is -4.07. The molecule has 0 aliphatic carbocycles. The van der Waals surface area contributed by atoms with Crippen molar-refractivity contribution in [1.29, 1.82) is 0 Å². The van der Waals surface area contributed by atoms with E-state index in [2.05, 4.69) is 15.4 Å². The molecule has 0 spiro atoms. The molecule has 1 unspecified atom stereocenters. The minimum Gasteiger partial charge on any atom is -0.324 e. The Balaban J connectivity index is 1.53. The van der Waals surface area contributed by atoms with Crippen LogP contribution in [0.25, 0.3) is 0 Å². The fourth-order valence-electron chi connectivity index (χ4n) is 3.04. The summed E-state index contributed by atoms with van der Waals surface area (Å²) in [6.07, 6.45) is 0. The number of carbonyl (C=O) groups is 2. The molecule has 0 saturated heterocycles. The van der Waals surface area contributed by atoms with E-state index in [1.54, 1.807) is 25.1 Å². The van der Waals surface area contributed by atoms with E-state index in [1.807, 2.05) is 0 Å². The van der Waals surface area contributed by atoms with Gasteiger partial charge in [0.15, 0.2) is 0 Å². The average Bonchev–Trinajstić information content (AvgIpc) is 2.76. The molecule has 0 bridgehead atoms. The number of carbonyl (C=O) groups excluding carboxylic acids is 2. The first-order valence-electron chi connectivity index (χ1n) is 9.53. The van der Waals surface area contributed by atoms with Crippen LogP contribution in [0.5, 0.6) is 0 Å². The topological polar surface area (TPSA) is 104 Å². The third-order valence-electron chi connectivity index (χ3n) is 4.69. The van der Waals surface area contributed by atoms with Crippen molar-refractivity contribution in [2.24, 2.45) is 0 Å². The average molecular weight is 472 g/mol. The molecule has 3 aromatic carbocycles. The van der Waals surface area contributed by atoms with Gasteiger partial charge in [-0.1, -0.05) is 18.2 Å². The highest BCUT2D eigenvalue weighted by atomic mass is 32.2. The lowest BCUT2D eigenvalue weighted by Gasteiger charge is -2.21. The quantitative estimate of drug-likeness (QED) is 0.514. The summed E-state index contributed by atoms with van der Waals surface area (Å²) in [6, 6.07) is 16.0. The van der Waals surface area contributed by atoms with Gasteiger partial charge in [0.1, 0.15) is 5.82 Å². The van der Waals surface area contributed by atoms with Crippen LogP contribution in [0.4, 0.5) is 21.5 Å². The lowest BCUT2D eigenvalue weighted by molar-refractivity contribution is -0.115. The monoisotopic (exact) mass is 471 g/mol. The number of rotatable bonds is 5. The van der Waals surface area contributed by atoms with Gasteiger partial charge in [-0.05, 0) is 55.5 Å². The Morgan fingerprint density at radius 3 is 2.62 bits per heavy atom. The lowest BCUT2D eigenvalue weighted by atomic mass is 10.1. The Bertz CT molecular complexity index is 1330. The van der Waals surface area contributed by atoms with Gasteiger partial charge >= 0.3 is 0 Å². The Labute approximate surface area is 188 Å². The molecule has 3 aromatic rings. The number of thioether (sulfide) groups is 1. The molecule has 1 heterocycles. The summed E-state index contributed by atoms with van der Waals surface area (Å²) in [5, 5.41) is 5.20. The number of fused-ring (bicyclic) bond motifs is 1. The molecule has 1 aliphatic rings. The summed E-state index contributed by atoms with van der Waals surface area (Å²) in [4.78, 5) is 25.3. The molecular weight excluding hydrogens is 453 g/mol. The molecule has 32 heavy (non-hydrogen) atoms. The molecule has 4 rings (SSSR count). The van der Waals surface area contributed by atoms with E-state index < -0.39 is 21.7 Å². The van der Waals surface area contributed by atoms with Crippen molar-refractivity contribution in [1.82, 2.24) is 0 Å². The zero-order chi connectivity index (χ0) is 22.9. The molecule has 7 nitrogen and oxygen atoms in total. The Hall–Kier alpha value is -3.37. The molecular formula is C22H18FN3O4S2. The maximum Gasteiger partial charge on any atom is 0.262 e. The van der Waals surface area contributed by atoms with Crippen molar-refractivity contribution >= 4 is 50.7 Å². The second-order valence-corrected chi connectivity index (χ2v) is 10.1. The molecule has 0 fully saturated rings. The van der Waals surface area contributed by atoms with Crippen molar-refractivity contribution in [3.8, 4) is 0 Å². The highest BCUT2D eigenvalue weighted by Crippen LogP contribution is 2.36. The first-order chi connectivity index (χ1) is 15.2. The minimum atomic E-state index is -4.07. The third kappa shape index (κ3) is 4.61. The van der Waals surface area contributed by atoms with Crippen molar-refractivity contribution in [3.63, 3.8) is 0 Å². The van der Waals surface area contributed by atoms with Gasteiger partial charge in [0, 0.05) is 16.1 Å². The Morgan fingerprint density at radius 2 is 1.84 bits per heavy atom. The fourth-order valence-corrected chi connectivity index (χ4v) is 5.09. The summed E-state index contributed by atoms with van der Waals surface area (Å²) >= 11 is 1.41. The Morgan fingerprint density at radius 1 is 1.06 bits per heavy atom. The van der Waals surface area contributed by atoms with Gasteiger partial charge in [0.2, 0.25) is 5.91 Å². The summed E-state index contributed by atoms with van der Waals surface area (Å²) < 4.78 is 41.3. The molecule has 2 amide bonds. The van der Waals surface area contributed by atoms with Crippen LogP contribution < -0.4 is 15.4 Å². The number of sulfonamides is 1. The zero-order valence-corrected chi connectivity index (χ0v) is 18.4. The number of halogens is 1. The number of hydrogen-bond acceptors (Lipinski definition) is 5. The van der Waals surface area contributed by atoms with Crippen LogP contribution in [0.2, 0.25) is 0 Å². The number of amides is 2. The maximum atomic E-state index is 13.8. The van der Waals surface area contributed by atoms with E-state index in [0.29, 0.717) is 11.3 Å². The third-order valence-corrected chi connectivity index (χ3v) is 7.23. The molecule has 164 valence electrons. The van der Waals surface area contributed by atoms with Crippen LogP contribution in [-0.2, 0) is 14.8 Å². The summed E-state index contributed by atoms with van der Waals surface area (Å²) in [5.41, 5.74) is 0.925. The highest BCUT2D eigenvalue weighted by molar-refractivity contribution is 8.01. The van der Waals surface area contributed by atoms with Gasteiger partial charge in [-0.3, -0.25) is 14.3 Å². The first kappa shape index (κ1) is 21.8. The predicted octanol–water partition coefficient (Wildman–Crippen LogP) is 4.31. The van der Waals surface area contributed by atoms with Crippen LogP contribution >= 0.6 is 11.8 Å². The van der Waals surface area contributed by atoms with Crippen molar-refractivity contribution in [2.75, 3.05) is 15.4 Å². The second kappa shape index (κ2) is 8.64. The number of nitrogens with one attached hydrogen (secondary N) is 3. The normalized spacial score (nSPS) is 15.4. The second-order valence-electron chi connectivity index (χ2n) is 7.03. The van der Waals surface area contributed by atoms with Crippen molar-refractivity contribution < 1.29 is 22.4 Å². The van der Waals surface area contributed by atoms with E-state index in [4.69, 9.17) is 0 Å². The number of hydrogen-bond donors (Lipinski definition) is 3. The summed E-state index contributed by atoms with van der Waals surface area (Å²) in [5.74, 6) is -1.31. The minimum absolute atomic E-state index is 0.137. The van der Waals surface area contributed by atoms with E-state index >= 15 is 0 Å².